The van der Waals surface area contributed by atoms with Crippen molar-refractivity contribution in [3.63, 3.8) is 0 Å². The van der Waals surface area contributed by atoms with Crippen molar-refractivity contribution >= 4 is 6.09 Å². The Balaban J connectivity index is 2.11. The van der Waals surface area contributed by atoms with Crippen molar-refractivity contribution in [3.05, 3.63) is 35.4 Å². The summed E-state index contributed by atoms with van der Waals surface area (Å²) in [4.78, 5) is 13.2. The highest BCUT2D eigenvalue weighted by Gasteiger charge is 2.36. The number of methoxy groups -OCH3 is 1. The van der Waals surface area contributed by atoms with Crippen molar-refractivity contribution in [2.75, 3.05) is 14.2 Å². The van der Waals surface area contributed by atoms with Crippen LogP contribution in [0.15, 0.2) is 24.3 Å². The monoisotopic (exact) mass is 301 g/mol. The summed E-state index contributed by atoms with van der Waals surface area (Å²) in [6.45, 7) is 2.02. The number of hydrogen-bond acceptors (Lipinski definition) is 3. The molecule has 22 heavy (non-hydrogen) atoms. The molecule has 1 aromatic carbocycles. The van der Waals surface area contributed by atoms with E-state index >= 15 is 0 Å². The number of hydrogen-bond donors (Lipinski definition) is 1. The molecule has 2 rings (SSSR count). The van der Waals surface area contributed by atoms with E-state index in [1.54, 1.807) is 11.9 Å². The average molecular weight is 301 g/mol. The number of carbonyl (C=O) groups excluding carboxylic acids is 1. The van der Waals surface area contributed by atoms with E-state index in [1.807, 2.05) is 31.2 Å². The van der Waals surface area contributed by atoms with Gasteiger partial charge < -0.3 is 14.7 Å². The van der Waals surface area contributed by atoms with E-state index < -0.39 is 5.60 Å². The first-order valence-electron chi connectivity index (χ1n) is 7.56. The molecule has 0 bridgehead atoms. The lowest BCUT2D eigenvalue weighted by atomic mass is 9.81. The van der Waals surface area contributed by atoms with Gasteiger partial charge in [0.15, 0.2) is 0 Å². The molecule has 1 saturated carbocycles. The zero-order chi connectivity index (χ0) is 16.2. The summed E-state index contributed by atoms with van der Waals surface area (Å²) in [7, 11) is 3.07. The highest BCUT2D eigenvalue weighted by molar-refractivity contribution is 5.67. The molecule has 1 amide bonds. The van der Waals surface area contributed by atoms with E-state index in [-0.39, 0.29) is 12.1 Å². The maximum Gasteiger partial charge on any atom is 0.409 e. The lowest BCUT2D eigenvalue weighted by Crippen LogP contribution is -2.46. The van der Waals surface area contributed by atoms with Crippen molar-refractivity contribution in [1.29, 1.82) is 0 Å². The molecule has 1 aliphatic carbocycles. The van der Waals surface area contributed by atoms with Crippen molar-refractivity contribution in [2.24, 2.45) is 0 Å². The highest BCUT2D eigenvalue weighted by Crippen LogP contribution is 2.30. The number of ether oxygens (including phenoxy) is 1. The van der Waals surface area contributed by atoms with E-state index in [4.69, 9.17) is 4.74 Å². The van der Waals surface area contributed by atoms with Crippen LogP contribution < -0.4 is 0 Å². The fourth-order valence-corrected chi connectivity index (χ4v) is 2.87. The minimum absolute atomic E-state index is 0.0435. The van der Waals surface area contributed by atoms with Gasteiger partial charge >= 0.3 is 6.09 Å². The van der Waals surface area contributed by atoms with Gasteiger partial charge in [0.1, 0.15) is 5.60 Å². The molecule has 1 aromatic rings. The van der Waals surface area contributed by atoms with Crippen LogP contribution in [0.1, 0.15) is 36.8 Å². The van der Waals surface area contributed by atoms with E-state index in [1.165, 1.54) is 7.11 Å². The molecule has 0 aromatic heterocycles. The maximum absolute atomic E-state index is 11.6. The van der Waals surface area contributed by atoms with Gasteiger partial charge in [0.05, 0.1) is 7.11 Å². The van der Waals surface area contributed by atoms with Gasteiger partial charge in [-0.3, -0.25) is 0 Å². The minimum Gasteiger partial charge on any atom is -0.453 e. The maximum atomic E-state index is 11.6. The Hall–Kier alpha value is -1.99. The zero-order valence-electron chi connectivity index (χ0n) is 13.4. The molecule has 1 aliphatic rings. The number of nitrogens with zero attached hydrogens (tertiary/aromatic N) is 1. The standard InChI is InChI=1S/C18H23NO3/c1-14-6-4-7-15(12-14)9-11-18(21)10-5-8-16(13-18)19(2)17(20)22-3/h4,6-7,12,16,21H,5,8,10,13H2,1-3H3. The molecule has 0 spiro atoms. The first kappa shape index (κ1) is 16.4. The number of aliphatic hydroxyl groups is 1. The van der Waals surface area contributed by atoms with E-state index in [0.717, 1.165) is 24.0 Å². The summed E-state index contributed by atoms with van der Waals surface area (Å²) < 4.78 is 4.75. The van der Waals surface area contributed by atoms with Crippen LogP contribution in [0.2, 0.25) is 0 Å². The lowest BCUT2D eigenvalue weighted by Gasteiger charge is -2.37. The first-order chi connectivity index (χ1) is 10.4. The van der Waals surface area contributed by atoms with E-state index in [9.17, 15) is 9.90 Å². The average Bonchev–Trinajstić information content (AvgIpc) is 2.52. The summed E-state index contributed by atoms with van der Waals surface area (Å²) in [5.41, 5.74) is 0.997. The van der Waals surface area contributed by atoms with Gasteiger partial charge in [0, 0.05) is 25.1 Å². The molecule has 0 saturated heterocycles. The molecular formula is C18H23NO3. The third kappa shape index (κ3) is 4.02. The van der Waals surface area contributed by atoms with Crippen LogP contribution in [0, 0.1) is 18.8 Å². The van der Waals surface area contributed by atoms with Crippen LogP contribution in [0.25, 0.3) is 0 Å². The van der Waals surface area contributed by atoms with Crippen molar-refractivity contribution in [3.8, 4) is 11.8 Å². The molecule has 1 fully saturated rings. The Bertz CT molecular complexity index is 602. The van der Waals surface area contributed by atoms with Crippen molar-refractivity contribution in [1.82, 2.24) is 4.90 Å². The second-order valence-corrected chi connectivity index (χ2v) is 5.98. The summed E-state index contributed by atoms with van der Waals surface area (Å²) in [5, 5.41) is 10.7. The first-order valence-corrected chi connectivity index (χ1v) is 7.56. The minimum atomic E-state index is -1.05. The van der Waals surface area contributed by atoms with Gasteiger partial charge in [-0.1, -0.05) is 24.0 Å². The van der Waals surface area contributed by atoms with Crippen LogP contribution in [-0.2, 0) is 4.74 Å². The molecular weight excluding hydrogens is 278 g/mol. The summed E-state index contributed by atoms with van der Waals surface area (Å²) >= 11 is 0. The van der Waals surface area contributed by atoms with Gasteiger partial charge in [-0.25, -0.2) is 4.79 Å². The normalized spacial score (nSPS) is 24.1. The molecule has 0 aliphatic heterocycles. The number of amides is 1. The van der Waals surface area contributed by atoms with E-state index in [0.29, 0.717) is 12.8 Å². The van der Waals surface area contributed by atoms with Crippen LogP contribution in [0.5, 0.6) is 0 Å². The van der Waals surface area contributed by atoms with Crippen LogP contribution in [0.4, 0.5) is 4.79 Å². The smallest absolute Gasteiger partial charge is 0.409 e. The number of carbonyl (C=O) groups is 1. The van der Waals surface area contributed by atoms with E-state index in [2.05, 4.69) is 11.8 Å². The number of benzene rings is 1. The predicted molar refractivity (Wildman–Crippen MR) is 85.4 cm³/mol. The molecule has 4 nitrogen and oxygen atoms in total. The zero-order valence-corrected chi connectivity index (χ0v) is 13.4. The van der Waals surface area contributed by atoms with Gasteiger partial charge in [-0.2, -0.15) is 0 Å². The lowest BCUT2D eigenvalue weighted by molar-refractivity contribution is 0.0199. The van der Waals surface area contributed by atoms with Gasteiger partial charge in [-0.15, -0.1) is 0 Å². The Labute approximate surface area is 132 Å². The Morgan fingerprint density at radius 1 is 1.50 bits per heavy atom. The van der Waals surface area contributed by atoms with Crippen LogP contribution >= 0.6 is 0 Å². The molecule has 118 valence electrons. The summed E-state index contributed by atoms with van der Waals surface area (Å²) in [6.07, 6.45) is 2.42. The van der Waals surface area contributed by atoms with Gasteiger partial charge in [-0.05, 0) is 43.9 Å². The Morgan fingerprint density at radius 3 is 2.95 bits per heavy atom. The topological polar surface area (TPSA) is 49.8 Å². The molecule has 4 heteroatoms. The second kappa shape index (κ2) is 6.85. The van der Waals surface area contributed by atoms with Crippen LogP contribution in [-0.4, -0.2) is 41.9 Å². The van der Waals surface area contributed by atoms with Crippen LogP contribution in [0.3, 0.4) is 0 Å². The second-order valence-electron chi connectivity index (χ2n) is 5.98. The molecule has 2 atom stereocenters. The largest absolute Gasteiger partial charge is 0.453 e. The quantitative estimate of drug-likeness (QED) is 0.811. The summed E-state index contributed by atoms with van der Waals surface area (Å²) in [5.74, 6) is 6.07. The number of rotatable bonds is 1. The Kier molecular flexibility index (Phi) is 5.10. The predicted octanol–water partition coefficient (Wildman–Crippen LogP) is 2.72. The molecule has 0 heterocycles. The van der Waals surface area contributed by atoms with Crippen molar-refractivity contribution < 1.29 is 14.6 Å². The summed E-state index contributed by atoms with van der Waals surface area (Å²) in [6, 6.07) is 7.86. The molecule has 2 unspecified atom stereocenters. The fourth-order valence-electron chi connectivity index (χ4n) is 2.87. The highest BCUT2D eigenvalue weighted by atomic mass is 16.5. The fraction of sp³-hybridized carbons (Fsp3) is 0.500. The van der Waals surface area contributed by atoms with Crippen molar-refractivity contribution in [2.45, 2.75) is 44.2 Å². The van der Waals surface area contributed by atoms with Gasteiger partial charge in [0.2, 0.25) is 0 Å². The SMILES string of the molecule is COC(=O)N(C)C1CCCC(O)(C#Cc2cccc(C)c2)C1. The third-order valence-corrected chi connectivity index (χ3v) is 4.17. The molecule has 0 radical (unpaired) electrons. The third-order valence-electron chi connectivity index (χ3n) is 4.17. The molecule has 1 N–H and O–H groups in total. The Morgan fingerprint density at radius 2 is 2.27 bits per heavy atom. The number of aryl methyl sites for hydroxylation is 1. The van der Waals surface area contributed by atoms with Gasteiger partial charge in [0.25, 0.3) is 0 Å².